The summed E-state index contributed by atoms with van der Waals surface area (Å²) >= 11 is 5.97. The molecule has 0 unspecified atom stereocenters. The van der Waals surface area contributed by atoms with Crippen LogP contribution >= 0.6 is 11.6 Å². The van der Waals surface area contributed by atoms with Crippen LogP contribution in [0.5, 0.6) is 0 Å². The summed E-state index contributed by atoms with van der Waals surface area (Å²) in [6.07, 6.45) is 2.40. The van der Waals surface area contributed by atoms with E-state index < -0.39 is 0 Å². The Morgan fingerprint density at radius 1 is 1.22 bits per heavy atom. The molecule has 7 nitrogen and oxygen atoms in total. The number of hydrogen-bond donors (Lipinski definition) is 2. The maximum atomic E-state index is 5.97. The lowest BCUT2D eigenvalue weighted by molar-refractivity contribution is 0.400. The molecular formula is C15H15ClN6O. The summed E-state index contributed by atoms with van der Waals surface area (Å²) in [6, 6.07) is 9.53. The first kappa shape index (κ1) is 15.2. The molecule has 3 rings (SSSR count). The molecule has 0 bridgehead atoms. The lowest BCUT2D eigenvalue weighted by Crippen LogP contribution is -2.08. The molecule has 2 heterocycles. The van der Waals surface area contributed by atoms with Gasteiger partial charge in [0.1, 0.15) is 5.76 Å². The highest BCUT2D eigenvalue weighted by molar-refractivity contribution is 6.30. The van der Waals surface area contributed by atoms with E-state index in [9.17, 15) is 0 Å². The zero-order valence-electron chi connectivity index (χ0n) is 12.5. The van der Waals surface area contributed by atoms with Crippen molar-refractivity contribution in [3.8, 4) is 0 Å². The van der Waals surface area contributed by atoms with Crippen molar-refractivity contribution in [3.63, 3.8) is 0 Å². The summed E-state index contributed by atoms with van der Waals surface area (Å²) < 4.78 is 4.98. The van der Waals surface area contributed by atoms with Crippen LogP contribution in [0.15, 0.2) is 41.1 Å². The number of halogens is 1. The number of nitrogens with zero attached hydrogens (tertiary/aromatic N) is 4. The summed E-state index contributed by atoms with van der Waals surface area (Å²) in [5.74, 6) is 2.23. The van der Waals surface area contributed by atoms with Gasteiger partial charge in [0, 0.05) is 17.6 Å². The van der Waals surface area contributed by atoms with E-state index in [1.165, 1.54) is 0 Å². The van der Waals surface area contributed by atoms with E-state index in [2.05, 4.69) is 31.0 Å². The maximum Gasteiger partial charge on any atom is 0.250 e. The average Bonchev–Trinajstić information content (AvgIpc) is 2.93. The third-order valence-electron chi connectivity index (χ3n) is 3.04. The largest absolute Gasteiger partial charge is 0.368 e. The topological polar surface area (TPSA) is 88.8 Å². The lowest BCUT2D eigenvalue weighted by Gasteiger charge is -2.06. The van der Waals surface area contributed by atoms with E-state index in [1.807, 2.05) is 31.2 Å². The van der Waals surface area contributed by atoms with Gasteiger partial charge in [-0.1, -0.05) is 28.9 Å². The molecule has 0 saturated carbocycles. The van der Waals surface area contributed by atoms with Gasteiger partial charge in [-0.05, 0) is 31.0 Å². The minimum atomic E-state index is 0.353. The highest BCUT2D eigenvalue weighted by Gasteiger charge is 2.04. The summed E-state index contributed by atoms with van der Waals surface area (Å²) in [6.45, 7) is 2.52. The molecule has 0 saturated heterocycles. The first-order chi connectivity index (χ1) is 11.2. The van der Waals surface area contributed by atoms with Crippen molar-refractivity contribution in [2.45, 2.75) is 13.3 Å². The second-order valence-electron chi connectivity index (χ2n) is 4.92. The van der Waals surface area contributed by atoms with Crippen molar-refractivity contribution in [1.29, 1.82) is 0 Å². The predicted octanol–water partition coefficient (Wildman–Crippen LogP) is 3.22. The summed E-state index contributed by atoms with van der Waals surface area (Å²) in [5, 5.41) is 18.5. The Labute approximate surface area is 138 Å². The Balaban J connectivity index is 1.57. The Morgan fingerprint density at radius 2 is 2.13 bits per heavy atom. The van der Waals surface area contributed by atoms with Gasteiger partial charge in [-0.25, -0.2) is 0 Å². The van der Waals surface area contributed by atoms with Gasteiger partial charge in [0.05, 0.1) is 6.20 Å². The Kier molecular flexibility index (Phi) is 4.68. The van der Waals surface area contributed by atoms with Gasteiger partial charge in [-0.15, -0.1) is 5.10 Å². The zero-order chi connectivity index (χ0) is 16.1. The van der Waals surface area contributed by atoms with Gasteiger partial charge in [-0.2, -0.15) is 10.1 Å². The van der Waals surface area contributed by atoms with Crippen molar-refractivity contribution in [3.05, 3.63) is 52.9 Å². The minimum Gasteiger partial charge on any atom is -0.368 e. The van der Waals surface area contributed by atoms with Gasteiger partial charge in [-0.3, -0.25) is 0 Å². The Morgan fingerprint density at radius 3 is 2.91 bits per heavy atom. The van der Waals surface area contributed by atoms with Crippen LogP contribution in [0.2, 0.25) is 5.02 Å². The van der Waals surface area contributed by atoms with Gasteiger partial charge in [0.2, 0.25) is 5.95 Å². The fourth-order valence-electron chi connectivity index (χ4n) is 2.01. The van der Waals surface area contributed by atoms with Crippen molar-refractivity contribution in [1.82, 2.24) is 20.3 Å². The number of hydrogen-bond acceptors (Lipinski definition) is 7. The lowest BCUT2D eigenvalue weighted by atomic mass is 10.1. The second-order valence-corrected chi connectivity index (χ2v) is 5.36. The van der Waals surface area contributed by atoms with Crippen LogP contribution in [0.4, 0.5) is 17.6 Å². The van der Waals surface area contributed by atoms with Gasteiger partial charge in [0.15, 0.2) is 11.6 Å². The smallest absolute Gasteiger partial charge is 0.250 e. The molecule has 0 spiro atoms. The monoisotopic (exact) mass is 330 g/mol. The molecule has 0 radical (unpaired) electrons. The molecule has 0 atom stereocenters. The van der Waals surface area contributed by atoms with E-state index in [0.29, 0.717) is 29.9 Å². The summed E-state index contributed by atoms with van der Waals surface area (Å²) in [5.41, 5.74) is 1.16. The molecule has 3 aromatic rings. The number of aromatic nitrogens is 4. The minimum absolute atomic E-state index is 0.353. The molecule has 0 fully saturated rings. The van der Waals surface area contributed by atoms with Crippen molar-refractivity contribution in [2.24, 2.45) is 0 Å². The third kappa shape index (κ3) is 4.40. The molecule has 0 amide bonds. The van der Waals surface area contributed by atoms with Crippen LogP contribution in [-0.2, 0) is 6.42 Å². The van der Waals surface area contributed by atoms with Crippen LogP contribution in [0.1, 0.15) is 11.3 Å². The molecule has 118 valence electrons. The van der Waals surface area contributed by atoms with Crippen molar-refractivity contribution < 1.29 is 4.52 Å². The highest BCUT2D eigenvalue weighted by atomic mass is 35.5. The normalized spacial score (nSPS) is 10.5. The van der Waals surface area contributed by atoms with Crippen LogP contribution in [0.25, 0.3) is 0 Å². The van der Waals surface area contributed by atoms with Gasteiger partial charge < -0.3 is 15.2 Å². The predicted molar refractivity (Wildman–Crippen MR) is 88.0 cm³/mol. The molecule has 0 aliphatic rings. The number of aryl methyl sites for hydroxylation is 1. The molecular weight excluding hydrogens is 316 g/mol. The molecule has 23 heavy (non-hydrogen) atoms. The quantitative estimate of drug-likeness (QED) is 0.717. The molecule has 0 aliphatic carbocycles. The Bertz CT molecular complexity index is 791. The molecule has 2 aromatic heterocycles. The molecule has 0 aliphatic heterocycles. The molecule has 1 aromatic carbocycles. The second kappa shape index (κ2) is 7.06. The molecule has 2 N–H and O–H groups in total. The van der Waals surface area contributed by atoms with Gasteiger partial charge in [0.25, 0.3) is 0 Å². The van der Waals surface area contributed by atoms with Crippen LogP contribution in [0.3, 0.4) is 0 Å². The fourth-order valence-corrected chi connectivity index (χ4v) is 2.22. The standard InChI is InChI=1S/C15H15ClN6O/c1-10-7-13(22-23-10)19-15-20-14(9-18-21-15)17-6-5-11-3-2-4-12(16)8-11/h2-4,7-9H,5-6H2,1H3,(H2,17,19,20,21,22). The maximum absolute atomic E-state index is 5.97. The fraction of sp³-hybridized carbons (Fsp3) is 0.200. The van der Waals surface area contributed by atoms with E-state index >= 15 is 0 Å². The average molecular weight is 331 g/mol. The first-order valence-electron chi connectivity index (χ1n) is 7.07. The van der Waals surface area contributed by atoms with E-state index in [1.54, 1.807) is 12.3 Å². The first-order valence-corrected chi connectivity index (χ1v) is 7.45. The van der Waals surface area contributed by atoms with Crippen LogP contribution in [-0.4, -0.2) is 26.9 Å². The number of anilines is 3. The number of rotatable bonds is 6. The number of nitrogens with one attached hydrogen (secondary N) is 2. The van der Waals surface area contributed by atoms with Crippen LogP contribution < -0.4 is 10.6 Å². The van der Waals surface area contributed by atoms with E-state index in [0.717, 1.165) is 17.0 Å². The van der Waals surface area contributed by atoms with E-state index in [4.69, 9.17) is 16.1 Å². The third-order valence-corrected chi connectivity index (χ3v) is 3.27. The summed E-state index contributed by atoms with van der Waals surface area (Å²) in [7, 11) is 0. The SMILES string of the molecule is Cc1cc(Nc2nncc(NCCc3cccc(Cl)c3)n2)no1. The van der Waals surface area contributed by atoms with Crippen LogP contribution in [0, 0.1) is 6.92 Å². The van der Waals surface area contributed by atoms with Crippen molar-refractivity contribution >= 4 is 29.2 Å². The zero-order valence-corrected chi connectivity index (χ0v) is 13.2. The van der Waals surface area contributed by atoms with Gasteiger partial charge >= 0.3 is 0 Å². The summed E-state index contributed by atoms with van der Waals surface area (Å²) in [4.78, 5) is 4.32. The highest BCUT2D eigenvalue weighted by Crippen LogP contribution is 2.14. The number of benzene rings is 1. The molecule has 8 heteroatoms. The Hall–Kier alpha value is -2.67. The van der Waals surface area contributed by atoms with Crippen molar-refractivity contribution in [2.75, 3.05) is 17.2 Å². The van der Waals surface area contributed by atoms with E-state index in [-0.39, 0.29) is 0 Å².